The van der Waals surface area contributed by atoms with Crippen LogP contribution in [0.2, 0.25) is 6.55 Å². The van der Waals surface area contributed by atoms with Crippen LogP contribution in [-0.4, -0.2) is 36.1 Å². The largest absolute Gasteiger partial charge is 0.400 e. The Balaban J connectivity index is 0. The van der Waals surface area contributed by atoms with Crippen molar-refractivity contribution in [3.05, 3.63) is 0 Å². The predicted octanol–water partition coefficient (Wildman–Crippen LogP) is 0.862. The van der Waals surface area contributed by atoms with E-state index in [1.807, 2.05) is 13.5 Å². The SMILES string of the molecule is CCCN=C=O.CO[SiH](C)OC. The maximum atomic E-state index is 9.27. The maximum absolute atomic E-state index is 9.27. The second-order valence-corrected chi connectivity index (χ2v) is 4.09. The van der Waals surface area contributed by atoms with Crippen LogP contribution in [0.5, 0.6) is 0 Å². The van der Waals surface area contributed by atoms with Gasteiger partial charge in [0.05, 0.1) is 6.54 Å². The molecule has 0 amide bonds. The van der Waals surface area contributed by atoms with Gasteiger partial charge in [-0.25, -0.2) is 9.79 Å². The minimum atomic E-state index is -1.16. The van der Waals surface area contributed by atoms with Crippen LogP contribution in [-0.2, 0) is 13.6 Å². The second kappa shape index (κ2) is 13.1. The smallest absolute Gasteiger partial charge is 0.317 e. The number of aliphatic imine (C=N–C) groups is 1. The maximum Gasteiger partial charge on any atom is 0.317 e. The Bertz CT molecular complexity index is 122. The summed E-state index contributed by atoms with van der Waals surface area (Å²) in [6.07, 6.45) is 2.37. The van der Waals surface area contributed by atoms with Crippen LogP contribution >= 0.6 is 0 Å². The molecule has 0 aliphatic heterocycles. The van der Waals surface area contributed by atoms with Gasteiger partial charge in [0, 0.05) is 14.2 Å². The van der Waals surface area contributed by atoms with Crippen LogP contribution in [0.1, 0.15) is 13.3 Å². The van der Waals surface area contributed by atoms with E-state index < -0.39 is 9.28 Å². The van der Waals surface area contributed by atoms with Gasteiger partial charge in [-0.1, -0.05) is 6.92 Å². The Morgan fingerprint density at radius 3 is 2.00 bits per heavy atom. The molecule has 0 rings (SSSR count). The van der Waals surface area contributed by atoms with E-state index in [1.54, 1.807) is 14.2 Å². The normalized spacial score (nSPS) is 8.42. The summed E-state index contributed by atoms with van der Waals surface area (Å²) < 4.78 is 9.63. The first-order valence-corrected chi connectivity index (χ1v) is 5.91. The molecule has 0 aromatic carbocycles. The highest BCUT2D eigenvalue weighted by Gasteiger charge is 1.94. The van der Waals surface area contributed by atoms with Gasteiger partial charge in [0.2, 0.25) is 6.08 Å². The molecule has 0 saturated carbocycles. The van der Waals surface area contributed by atoms with Crippen LogP contribution < -0.4 is 0 Å². The summed E-state index contributed by atoms with van der Waals surface area (Å²) in [5.74, 6) is 0. The van der Waals surface area contributed by atoms with Crippen molar-refractivity contribution in [3.63, 3.8) is 0 Å². The average Bonchev–Trinajstić information content (AvgIpc) is 2.14. The fraction of sp³-hybridized carbons (Fsp3) is 0.857. The summed E-state index contributed by atoms with van der Waals surface area (Å²) in [5.41, 5.74) is 0. The van der Waals surface area contributed by atoms with Crippen molar-refractivity contribution >= 4 is 15.4 Å². The van der Waals surface area contributed by atoms with Crippen molar-refractivity contribution in [3.8, 4) is 0 Å². The molecule has 0 aliphatic rings. The van der Waals surface area contributed by atoms with Crippen LogP contribution in [0.15, 0.2) is 4.99 Å². The number of nitrogens with zero attached hydrogens (tertiary/aromatic N) is 1. The molecule has 0 saturated heterocycles. The molecular weight excluding hydrogens is 174 g/mol. The molecule has 0 bridgehead atoms. The van der Waals surface area contributed by atoms with E-state index in [0.717, 1.165) is 6.42 Å². The molecule has 0 fully saturated rings. The standard InChI is InChI=1S/C4H7NO.C3H10O2Si/c1-2-3-5-4-6;1-4-6(3)5-2/h2-3H2,1H3;6H,1-3H3. The van der Waals surface area contributed by atoms with E-state index in [4.69, 9.17) is 8.85 Å². The first-order valence-electron chi connectivity index (χ1n) is 3.82. The molecule has 4 nitrogen and oxygen atoms in total. The van der Waals surface area contributed by atoms with Crippen LogP contribution in [0.25, 0.3) is 0 Å². The Hall–Kier alpha value is -0.483. The molecule has 0 heterocycles. The number of carbonyl (C=O) groups excluding carboxylic acids is 1. The van der Waals surface area contributed by atoms with Crippen LogP contribution in [0, 0.1) is 0 Å². The summed E-state index contributed by atoms with van der Waals surface area (Å²) in [6.45, 7) is 4.55. The third-order valence-corrected chi connectivity index (χ3v) is 2.39. The number of rotatable bonds is 4. The zero-order valence-electron chi connectivity index (χ0n) is 8.16. The fourth-order valence-electron chi connectivity index (χ4n) is 0.254. The molecular formula is C7H17NO3Si. The molecule has 5 heteroatoms. The topological polar surface area (TPSA) is 47.9 Å². The molecule has 0 unspecified atom stereocenters. The summed E-state index contributed by atoms with van der Waals surface area (Å²) in [4.78, 5) is 12.6. The van der Waals surface area contributed by atoms with Gasteiger partial charge in [-0.05, 0) is 13.0 Å². The Labute approximate surface area is 75.4 Å². The number of hydrogen-bond acceptors (Lipinski definition) is 4. The molecule has 12 heavy (non-hydrogen) atoms. The van der Waals surface area contributed by atoms with Gasteiger partial charge in [0.1, 0.15) is 0 Å². The lowest BCUT2D eigenvalue weighted by atomic mass is 10.5. The van der Waals surface area contributed by atoms with E-state index in [2.05, 4.69) is 4.99 Å². The van der Waals surface area contributed by atoms with E-state index in [9.17, 15) is 4.79 Å². The first kappa shape index (κ1) is 14.1. The van der Waals surface area contributed by atoms with Gasteiger partial charge >= 0.3 is 9.28 Å². The van der Waals surface area contributed by atoms with Gasteiger partial charge in [-0.15, -0.1) is 0 Å². The molecule has 0 spiro atoms. The Morgan fingerprint density at radius 2 is 1.92 bits per heavy atom. The van der Waals surface area contributed by atoms with Gasteiger partial charge in [-0.2, -0.15) is 0 Å². The Kier molecular flexibility index (Phi) is 15.4. The van der Waals surface area contributed by atoms with Gasteiger partial charge < -0.3 is 8.85 Å². The summed E-state index contributed by atoms with van der Waals surface area (Å²) in [5, 5.41) is 0. The summed E-state index contributed by atoms with van der Waals surface area (Å²) in [6, 6.07) is 0. The number of hydrogen-bond donors (Lipinski definition) is 0. The molecule has 0 radical (unpaired) electrons. The van der Waals surface area contributed by atoms with Gasteiger partial charge in [0.25, 0.3) is 0 Å². The highest BCUT2D eigenvalue weighted by atomic mass is 28.3. The third kappa shape index (κ3) is 16.3. The molecule has 0 aromatic heterocycles. The highest BCUT2D eigenvalue weighted by molar-refractivity contribution is 6.42. The van der Waals surface area contributed by atoms with Gasteiger partial charge in [-0.3, -0.25) is 0 Å². The lowest BCUT2D eigenvalue weighted by Crippen LogP contribution is -2.12. The minimum absolute atomic E-state index is 0.615. The van der Waals surface area contributed by atoms with Crippen LogP contribution in [0.4, 0.5) is 0 Å². The summed E-state index contributed by atoms with van der Waals surface area (Å²) >= 11 is 0. The van der Waals surface area contributed by atoms with E-state index in [0.29, 0.717) is 6.54 Å². The van der Waals surface area contributed by atoms with Crippen molar-refractivity contribution in [2.45, 2.75) is 19.9 Å². The molecule has 0 aliphatic carbocycles. The predicted molar refractivity (Wildman–Crippen MR) is 50.3 cm³/mol. The lowest BCUT2D eigenvalue weighted by molar-refractivity contribution is 0.285. The summed E-state index contributed by atoms with van der Waals surface area (Å²) in [7, 11) is 2.17. The fourth-order valence-corrected chi connectivity index (χ4v) is 0.446. The average molecular weight is 191 g/mol. The lowest BCUT2D eigenvalue weighted by Gasteiger charge is -2.00. The zero-order valence-corrected chi connectivity index (χ0v) is 9.32. The molecule has 72 valence electrons. The van der Waals surface area contributed by atoms with E-state index >= 15 is 0 Å². The quantitative estimate of drug-likeness (QED) is 0.376. The highest BCUT2D eigenvalue weighted by Crippen LogP contribution is 1.77. The number of isocyanates is 1. The van der Waals surface area contributed by atoms with Crippen molar-refractivity contribution in [2.75, 3.05) is 20.8 Å². The second-order valence-electron chi connectivity index (χ2n) is 2.01. The van der Waals surface area contributed by atoms with Crippen molar-refractivity contribution < 1.29 is 13.6 Å². The monoisotopic (exact) mass is 191 g/mol. The van der Waals surface area contributed by atoms with E-state index in [1.165, 1.54) is 6.08 Å². The van der Waals surface area contributed by atoms with Crippen molar-refractivity contribution in [2.24, 2.45) is 4.99 Å². The molecule has 0 aromatic rings. The van der Waals surface area contributed by atoms with Crippen molar-refractivity contribution in [1.82, 2.24) is 0 Å². The molecule has 0 atom stereocenters. The van der Waals surface area contributed by atoms with Crippen LogP contribution in [0.3, 0.4) is 0 Å². The van der Waals surface area contributed by atoms with E-state index in [-0.39, 0.29) is 0 Å². The Morgan fingerprint density at radius 1 is 1.42 bits per heavy atom. The van der Waals surface area contributed by atoms with Gasteiger partial charge in [0.15, 0.2) is 0 Å². The van der Waals surface area contributed by atoms with Crippen molar-refractivity contribution in [1.29, 1.82) is 0 Å². The molecule has 0 N–H and O–H groups in total. The third-order valence-electron chi connectivity index (χ3n) is 1.06. The first-order chi connectivity index (χ1) is 5.72. The minimum Gasteiger partial charge on any atom is -0.400 e. The zero-order chi connectivity index (χ0) is 9.82.